The van der Waals surface area contributed by atoms with Gasteiger partial charge in [0.2, 0.25) is 5.91 Å². The Kier molecular flexibility index (Phi) is 4.14. The van der Waals surface area contributed by atoms with Crippen LogP contribution in [0, 0.1) is 0 Å². The van der Waals surface area contributed by atoms with Gasteiger partial charge in [0, 0.05) is 0 Å². The summed E-state index contributed by atoms with van der Waals surface area (Å²) in [6.07, 6.45) is 1.69. The van der Waals surface area contributed by atoms with E-state index in [-0.39, 0.29) is 10.7 Å². The third kappa shape index (κ3) is 3.14. The Morgan fingerprint density at radius 1 is 1.36 bits per heavy atom. The number of carbonyl (C=O) groups excluding carboxylic acids is 1. The maximum Gasteiger partial charge on any atom is 0.231 e. The van der Waals surface area contributed by atoms with Crippen molar-refractivity contribution in [3.8, 4) is 0 Å². The molecule has 0 heterocycles. The van der Waals surface area contributed by atoms with E-state index in [0.717, 1.165) is 12.0 Å². The summed E-state index contributed by atoms with van der Waals surface area (Å²) in [5.74, 6) is -0.315. The Balaban J connectivity index is 2.64. The molecule has 0 aliphatic rings. The highest BCUT2D eigenvalue weighted by molar-refractivity contribution is 9.10. The van der Waals surface area contributed by atoms with E-state index >= 15 is 0 Å². The van der Waals surface area contributed by atoms with Gasteiger partial charge in [0.1, 0.15) is 0 Å². The fourth-order valence-electron chi connectivity index (χ4n) is 1.22. The van der Waals surface area contributed by atoms with E-state index in [9.17, 15) is 4.79 Å². The molecule has 0 aromatic heterocycles. The summed E-state index contributed by atoms with van der Waals surface area (Å²) in [5, 5.41) is 0. The number of hydrogen-bond donors (Lipinski definition) is 1. The molecule has 76 valence electrons. The molecule has 1 amide bonds. The van der Waals surface area contributed by atoms with Crippen molar-refractivity contribution in [1.29, 1.82) is 0 Å². The number of primary amides is 1. The molecule has 3 heteroatoms. The molecule has 1 aromatic carbocycles. The first-order valence-corrected chi connectivity index (χ1v) is 5.56. The second-order valence-corrected chi connectivity index (χ2v) is 4.35. The molecule has 1 rings (SSSR count). The quantitative estimate of drug-likeness (QED) is 0.823. The van der Waals surface area contributed by atoms with Gasteiger partial charge in [-0.25, -0.2) is 0 Å². The standard InChI is InChI=1S/C11H14BrNO/c1-2-8-3-5-9(6-4-8)7-10(12)11(13)14/h3-6,10H,2,7H2,1H3,(H2,13,14). The van der Waals surface area contributed by atoms with Crippen LogP contribution in [0.2, 0.25) is 0 Å². The van der Waals surface area contributed by atoms with Gasteiger partial charge in [0.05, 0.1) is 4.83 Å². The lowest BCUT2D eigenvalue weighted by Gasteiger charge is -2.05. The second-order valence-electron chi connectivity index (χ2n) is 3.24. The highest BCUT2D eigenvalue weighted by Gasteiger charge is 2.10. The lowest BCUT2D eigenvalue weighted by Crippen LogP contribution is -2.24. The van der Waals surface area contributed by atoms with Crippen LogP contribution in [0.25, 0.3) is 0 Å². The summed E-state index contributed by atoms with van der Waals surface area (Å²) in [6, 6.07) is 8.23. The maximum atomic E-state index is 10.8. The number of aryl methyl sites for hydroxylation is 1. The fraction of sp³-hybridized carbons (Fsp3) is 0.364. The van der Waals surface area contributed by atoms with Gasteiger partial charge >= 0.3 is 0 Å². The van der Waals surface area contributed by atoms with Crippen LogP contribution in [0.15, 0.2) is 24.3 Å². The Morgan fingerprint density at radius 3 is 2.29 bits per heavy atom. The van der Waals surface area contributed by atoms with Crippen molar-refractivity contribution in [2.45, 2.75) is 24.6 Å². The molecular formula is C11H14BrNO. The van der Waals surface area contributed by atoms with Crippen molar-refractivity contribution in [2.24, 2.45) is 5.73 Å². The van der Waals surface area contributed by atoms with Crippen LogP contribution in [-0.2, 0) is 17.6 Å². The zero-order chi connectivity index (χ0) is 10.6. The average molecular weight is 256 g/mol. The van der Waals surface area contributed by atoms with Crippen molar-refractivity contribution < 1.29 is 4.79 Å². The van der Waals surface area contributed by atoms with Gasteiger partial charge in [0.15, 0.2) is 0 Å². The Hall–Kier alpha value is -0.830. The Labute approximate surface area is 92.6 Å². The monoisotopic (exact) mass is 255 g/mol. The number of hydrogen-bond acceptors (Lipinski definition) is 1. The SMILES string of the molecule is CCc1ccc(CC(Br)C(N)=O)cc1. The van der Waals surface area contributed by atoms with E-state index in [0.29, 0.717) is 6.42 Å². The number of halogens is 1. The third-order valence-electron chi connectivity index (χ3n) is 2.15. The first-order valence-electron chi connectivity index (χ1n) is 4.64. The molecule has 1 aromatic rings. The molecule has 2 nitrogen and oxygen atoms in total. The molecule has 0 saturated heterocycles. The molecule has 0 radical (unpaired) electrons. The molecule has 0 aliphatic heterocycles. The van der Waals surface area contributed by atoms with Crippen molar-refractivity contribution in [2.75, 3.05) is 0 Å². The minimum Gasteiger partial charge on any atom is -0.369 e. The smallest absolute Gasteiger partial charge is 0.231 e. The lowest BCUT2D eigenvalue weighted by molar-refractivity contribution is -0.117. The molecular weight excluding hydrogens is 242 g/mol. The van der Waals surface area contributed by atoms with E-state index in [2.05, 4.69) is 35.0 Å². The van der Waals surface area contributed by atoms with E-state index in [1.807, 2.05) is 12.1 Å². The van der Waals surface area contributed by atoms with E-state index in [1.165, 1.54) is 5.56 Å². The lowest BCUT2D eigenvalue weighted by atomic mass is 10.1. The van der Waals surface area contributed by atoms with Crippen LogP contribution >= 0.6 is 15.9 Å². The van der Waals surface area contributed by atoms with Gasteiger partial charge in [-0.05, 0) is 24.0 Å². The summed E-state index contributed by atoms with van der Waals surface area (Å²) >= 11 is 3.24. The summed E-state index contributed by atoms with van der Waals surface area (Å²) in [5.41, 5.74) is 7.59. The largest absolute Gasteiger partial charge is 0.369 e. The Bertz CT molecular complexity index is 308. The normalized spacial score (nSPS) is 12.4. The number of alkyl halides is 1. The number of amides is 1. The molecule has 14 heavy (non-hydrogen) atoms. The molecule has 0 aliphatic carbocycles. The van der Waals surface area contributed by atoms with Crippen LogP contribution < -0.4 is 5.73 Å². The number of nitrogens with two attached hydrogens (primary N) is 1. The first-order chi connectivity index (χ1) is 6.63. The minimum atomic E-state index is -0.315. The molecule has 0 bridgehead atoms. The van der Waals surface area contributed by atoms with Gasteiger partial charge in [-0.15, -0.1) is 0 Å². The van der Waals surface area contributed by atoms with Crippen molar-refractivity contribution in [1.82, 2.24) is 0 Å². The zero-order valence-corrected chi connectivity index (χ0v) is 9.75. The van der Waals surface area contributed by atoms with E-state index < -0.39 is 0 Å². The second kappa shape index (κ2) is 5.15. The van der Waals surface area contributed by atoms with E-state index in [1.54, 1.807) is 0 Å². The molecule has 0 fully saturated rings. The molecule has 0 spiro atoms. The van der Waals surface area contributed by atoms with Crippen LogP contribution in [-0.4, -0.2) is 10.7 Å². The van der Waals surface area contributed by atoms with Gasteiger partial charge in [-0.1, -0.05) is 47.1 Å². The van der Waals surface area contributed by atoms with Gasteiger partial charge < -0.3 is 5.73 Å². The van der Waals surface area contributed by atoms with Crippen molar-refractivity contribution in [3.63, 3.8) is 0 Å². The van der Waals surface area contributed by atoms with Crippen LogP contribution in [0.5, 0.6) is 0 Å². The minimum absolute atomic E-state index is 0.269. The van der Waals surface area contributed by atoms with Crippen molar-refractivity contribution in [3.05, 3.63) is 35.4 Å². The molecule has 0 saturated carbocycles. The number of carbonyl (C=O) groups is 1. The topological polar surface area (TPSA) is 43.1 Å². The summed E-state index contributed by atoms with van der Waals surface area (Å²) in [7, 11) is 0. The summed E-state index contributed by atoms with van der Waals surface area (Å²) in [4.78, 5) is 10.5. The van der Waals surface area contributed by atoms with Gasteiger partial charge in [-0.2, -0.15) is 0 Å². The highest BCUT2D eigenvalue weighted by atomic mass is 79.9. The fourth-order valence-corrected chi connectivity index (χ4v) is 1.59. The third-order valence-corrected chi connectivity index (χ3v) is 2.93. The highest BCUT2D eigenvalue weighted by Crippen LogP contribution is 2.11. The Morgan fingerprint density at radius 2 is 1.86 bits per heavy atom. The summed E-state index contributed by atoms with van der Waals surface area (Å²) in [6.45, 7) is 2.12. The average Bonchev–Trinajstić information content (AvgIpc) is 2.19. The van der Waals surface area contributed by atoms with Crippen molar-refractivity contribution >= 4 is 21.8 Å². The number of benzene rings is 1. The molecule has 2 N–H and O–H groups in total. The van der Waals surface area contributed by atoms with Gasteiger partial charge in [-0.3, -0.25) is 4.79 Å². The van der Waals surface area contributed by atoms with Crippen LogP contribution in [0.3, 0.4) is 0 Å². The van der Waals surface area contributed by atoms with Gasteiger partial charge in [0.25, 0.3) is 0 Å². The molecule has 1 atom stereocenters. The van der Waals surface area contributed by atoms with Crippen LogP contribution in [0.4, 0.5) is 0 Å². The predicted octanol–water partition coefficient (Wildman–Crippen LogP) is 2.04. The first kappa shape index (κ1) is 11.2. The predicted molar refractivity (Wildman–Crippen MR) is 61.4 cm³/mol. The maximum absolute atomic E-state index is 10.8. The summed E-state index contributed by atoms with van der Waals surface area (Å²) < 4.78 is 0. The molecule has 1 unspecified atom stereocenters. The number of rotatable bonds is 4. The van der Waals surface area contributed by atoms with E-state index in [4.69, 9.17) is 5.73 Å². The zero-order valence-electron chi connectivity index (χ0n) is 8.16. The van der Waals surface area contributed by atoms with Crippen LogP contribution in [0.1, 0.15) is 18.1 Å².